The quantitative estimate of drug-likeness (QED) is 0.152. The smallest absolute Gasteiger partial charge is 0.309 e. The molecule has 0 fully saturated rings. The number of rotatable bonds is 7. The van der Waals surface area contributed by atoms with Gasteiger partial charge in [-0.15, -0.1) is 0 Å². The minimum atomic E-state index is -4.06. The molecule has 12 heteroatoms. The molecule has 4 atom stereocenters. The summed E-state index contributed by atoms with van der Waals surface area (Å²) in [5.41, 5.74) is 2.88. The van der Waals surface area contributed by atoms with E-state index in [1.165, 1.54) is 6.20 Å². The van der Waals surface area contributed by atoms with Gasteiger partial charge in [0.25, 0.3) is 15.9 Å². The molecule has 6 rings (SSSR count). The van der Waals surface area contributed by atoms with Gasteiger partial charge in [0.05, 0.1) is 29.7 Å². The highest BCUT2D eigenvalue weighted by Gasteiger charge is 2.33. The van der Waals surface area contributed by atoms with Gasteiger partial charge in [-0.25, -0.2) is 12.4 Å². The first kappa shape index (κ1) is 35.2. The third kappa shape index (κ3) is 8.24. The molecule has 1 aliphatic heterocycles. The second-order valence-electron chi connectivity index (χ2n) is 12.6. The number of aromatic nitrogens is 2. The zero-order valence-corrected chi connectivity index (χ0v) is 29.1. The van der Waals surface area contributed by atoms with E-state index in [-0.39, 0.29) is 30.8 Å². The summed E-state index contributed by atoms with van der Waals surface area (Å²) < 4.78 is 40.5. The van der Waals surface area contributed by atoms with Crippen molar-refractivity contribution in [2.24, 2.45) is 5.92 Å². The molecule has 0 aliphatic carbocycles. The highest BCUT2D eigenvalue weighted by atomic mass is 32.2. The molecule has 2 aromatic heterocycles. The van der Waals surface area contributed by atoms with Crippen molar-refractivity contribution < 1.29 is 32.3 Å². The van der Waals surface area contributed by atoms with E-state index in [9.17, 15) is 22.8 Å². The fourth-order valence-electron chi connectivity index (χ4n) is 6.12. The summed E-state index contributed by atoms with van der Waals surface area (Å²) in [6.07, 6.45) is 5.64. The van der Waals surface area contributed by atoms with Gasteiger partial charge >= 0.3 is 5.97 Å². The first-order valence-corrected chi connectivity index (χ1v) is 18.2. The van der Waals surface area contributed by atoms with Crippen molar-refractivity contribution in [1.82, 2.24) is 19.6 Å². The molecule has 2 amide bonds. The Labute approximate surface area is 296 Å². The fourth-order valence-corrected chi connectivity index (χ4v) is 7.51. The van der Waals surface area contributed by atoms with E-state index in [0.717, 1.165) is 26.0 Å². The molecule has 11 nitrogen and oxygen atoms in total. The minimum absolute atomic E-state index is 0.0427. The van der Waals surface area contributed by atoms with E-state index >= 15 is 0 Å². The van der Waals surface area contributed by atoms with Crippen molar-refractivity contribution >= 4 is 38.7 Å². The molecular weight excluding hydrogens is 669 g/mol. The zero-order valence-electron chi connectivity index (χ0n) is 28.3. The number of hydrogen-bond donors (Lipinski definition) is 3. The lowest BCUT2D eigenvalue weighted by molar-refractivity contribution is -0.144. The van der Waals surface area contributed by atoms with Crippen LogP contribution in [0.25, 0.3) is 10.9 Å². The highest BCUT2D eigenvalue weighted by Crippen LogP contribution is 2.29. The second kappa shape index (κ2) is 15.5. The lowest BCUT2D eigenvalue weighted by Crippen LogP contribution is -2.53. The Hall–Kier alpha value is -5.62. The van der Waals surface area contributed by atoms with Crippen LogP contribution >= 0.6 is 0 Å². The average molecular weight is 709 g/mol. The largest absolute Gasteiger partial charge is 0.480 e. The van der Waals surface area contributed by atoms with Crippen LogP contribution < -0.4 is 15.4 Å². The Balaban J connectivity index is 1.39. The second-order valence-corrected chi connectivity index (χ2v) is 14.4. The van der Waals surface area contributed by atoms with Crippen LogP contribution in [0.3, 0.4) is 0 Å². The molecule has 0 saturated carbocycles. The van der Waals surface area contributed by atoms with Gasteiger partial charge in [0.15, 0.2) is 6.10 Å². The first-order valence-electron chi connectivity index (χ1n) is 16.8. The summed E-state index contributed by atoms with van der Waals surface area (Å²) in [6.45, 7) is 3.60. The van der Waals surface area contributed by atoms with Gasteiger partial charge in [-0.3, -0.25) is 14.4 Å². The molecule has 0 saturated heterocycles. The van der Waals surface area contributed by atoms with Crippen LogP contribution in [0, 0.1) is 12.8 Å². The maximum atomic E-state index is 14.5. The number of carbonyl (C=O) groups excluding carboxylic acids is 3. The summed E-state index contributed by atoms with van der Waals surface area (Å²) in [4.78, 5) is 44.4. The molecule has 5 aromatic rings. The molecule has 3 N–H and O–H groups in total. The molecule has 1 unspecified atom stereocenters. The SMILES string of the molecule is Cc1ccc(S(=O)(=O)n2cccc2[C@@H]2NC(=O)[C@H](Cc3c[nH]c4ccccc34)NC(=O)C(Oc3ccccc3)CCOC(=O)C/C=C/[C@@H]2C)cc1. The van der Waals surface area contributed by atoms with E-state index in [4.69, 9.17) is 9.47 Å². The third-order valence-corrected chi connectivity index (χ3v) is 10.6. The van der Waals surface area contributed by atoms with Crippen molar-refractivity contribution in [3.05, 3.63) is 132 Å². The molecule has 3 heterocycles. The van der Waals surface area contributed by atoms with E-state index in [1.807, 2.05) is 44.2 Å². The number of fused-ring (bicyclic) bond motifs is 1. The van der Waals surface area contributed by atoms with Crippen LogP contribution in [-0.4, -0.2) is 53.9 Å². The monoisotopic (exact) mass is 708 g/mol. The predicted molar refractivity (Wildman–Crippen MR) is 192 cm³/mol. The Morgan fingerprint density at radius 1 is 0.882 bits per heavy atom. The third-order valence-electron chi connectivity index (χ3n) is 8.88. The van der Waals surface area contributed by atoms with Gasteiger partial charge < -0.3 is 25.1 Å². The number of aryl methyl sites for hydroxylation is 1. The van der Waals surface area contributed by atoms with Gasteiger partial charge in [-0.1, -0.05) is 73.2 Å². The standard InChI is InChI=1S/C39H40N4O7S/c1-26-17-19-30(20-18-26)51(47,48)43-22-9-15-34(43)37-27(2)10-8-16-36(44)49-23-21-35(50-29-11-4-3-5-12-29)39(46)41-33(38(45)42-37)24-28-25-40-32-14-7-6-13-31(28)32/h3-15,17-20,22,25,27,33,35,37,40H,16,21,23-24H2,1-2H3,(H,41,46)(H,42,45)/b10-8+/t27-,33-,35?,37+/m0/s1. The number of benzene rings is 3. The van der Waals surface area contributed by atoms with Gasteiger partial charge in [0.2, 0.25) is 5.91 Å². The number of nitrogens with one attached hydrogen (secondary N) is 3. The highest BCUT2D eigenvalue weighted by molar-refractivity contribution is 7.90. The maximum Gasteiger partial charge on any atom is 0.309 e. The van der Waals surface area contributed by atoms with Gasteiger partial charge in [0.1, 0.15) is 11.8 Å². The van der Waals surface area contributed by atoms with Crippen molar-refractivity contribution in [3.8, 4) is 5.75 Å². The summed E-state index contributed by atoms with van der Waals surface area (Å²) >= 11 is 0. The average Bonchev–Trinajstić information content (AvgIpc) is 3.78. The number of ether oxygens (including phenoxy) is 2. The summed E-state index contributed by atoms with van der Waals surface area (Å²) in [7, 11) is -4.06. The zero-order chi connectivity index (χ0) is 36.0. The molecule has 0 spiro atoms. The lowest BCUT2D eigenvalue weighted by atomic mass is 9.96. The Kier molecular flexibility index (Phi) is 10.7. The Morgan fingerprint density at radius 2 is 1.63 bits per heavy atom. The van der Waals surface area contributed by atoms with Crippen LogP contribution in [-0.2, 0) is 35.6 Å². The van der Waals surface area contributed by atoms with Crippen molar-refractivity contribution in [2.75, 3.05) is 6.61 Å². The summed E-state index contributed by atoms with van der Waals surface area (Å²) in [6, 6.07) is 24.2. The molecule has 1 aliphatic rings. The van der Waals surface area contributed by atoms with E-state index in [0.29, 0.717) is 11.4 Å². The number of aromatic amines is 1. The minimum Gasteiger partial charge on any atom is -0.480 e. The Morgan fingerprint density at radius 3 is 2.41 bits per heavy atom. The summed E-state index contributed by atoms with van der Waals surface area (Å²) in [5, 5.41) is 6.86. The number of cyclic esters (lactones) is 1. The van der Waals surface area contributed by atoms with Crippen LogP contribution in [0.5, 0.6) is 5.75 Å². The molecule has 51 heavy (non-hydrogen) atoms. The lowest BCUT2D eigenvalue weighted by Gasteiger charge is -2.28. The van der Waals surface area contributed by atoms with E-state index < -0.39 is 51.9 Å². The van der Waals surface area contributed by atoms with Crippen LogP contribution in [0.1, 0.15) is 42.6 Å². The van der Waals surface area contributed by atoms with Crippen molar-refractivity contribution in [2.45, 2.75) is 56.2 Å². The van der Waals surface area contributed by atoms with E-state index in [2.05, 4.69) is 15.6 Å². The Bertz CT molecular complexity index is 2140. The number of esters is 1. The molecule has 0 bridgehead atoms. The number of nitrogens with zero attached hydrogens (tertiary/aromatic N) is 1. The molecular formula is C39H40N4O7S. The summed E-state index contributed by atoms with van der Waals surface area (Å²) in [5.74, 6) is -1.66. The maximum absolute atomic E-state index is 14.5. The molecule has 0 radical (unpaired) electrons. The first-order chi connectivity index (χ1) is 24.6. The number of hydrogen-bond acceptors (Lipinski definition) is 7. The van der Waals surface area contributed by atoms with Crippen LogP contribution in [0.15, 0.2) is 120 Å². The number of amides is 2. The predicted octanol–water partition coefficient (Wildman–Crippen LogP) is 5.38. The van der Waals surface area contributed by atoms with Crippen LogP contribution in [0.2, 0.25) is 0 Å². The normalized spacial score (nSPS) is 21.5. The van der Waals surface area contributed by atoms with Gasteiger partial charge in [-0.05, 0) is 60.9 Å². The number of carbonyl (C=O) groups is 3. The molecule has 264 valence electrons. The fraction of sp³-hybridized carbons (Fsp3) is 0.256. The van der Waals surface area contributed by atoms with Gasteiger partial charge in [0, 0.05) is 36.1 Å². The van der Waals surface area contributed by atoms with Crippen molar-refractivity contribution in [3.63, 3.8) is 0 Å². The van der Waals surface area contributed by atoms with E-state index in [1.54, 1.807) is 79.0 Å². The topological polar surface area (TPSA) is 149 Å². The number of para-hydroxylation sites is 2. The number of H-pyrrole nitrogens is 1. The molecule has 3 aromatic carbocycles. The van der Waals surface area contributed by atoms with Crippen LogP contribution in [0.4, 0.5) is 0 Å². The van der Waals surface area contributed by atoms with Gasteiger partial charge in [-0.2, -0.15) is 0 Å². The van der Waals surface area contributed by atoms with Crippen molar-refractivity contribution in [1.29, 1.82) is 0 Å².